The SMILES string of the molecule is Cc1ncc(CO)c(CN2CCN([C@@H]3CCc4ccccc4C3)CC2)c1O. The highest BCUT2D eigenvalue weighted by Gasteiger charge is 2.27. The van der Waals surface area contributed by atoms with Crippen molar-refractivity contribution in [3.05, 3.63) is 58.4 Å². The summed E-state index contributed by atoms with van der Waals surface area (Å²) in [6.45, 7) is 6.49. The summed E-state index contributed by atoms with van der Waals surface area (Å²) in [5.74, 6) is 0.230. The first kappa shape index (κ1) is 18.4. The molecule has 1 aliphatic carbocycles. The summed E-state index contributed by atoms with van der Waals surface area (Å²) in [6.07, 6.45) is 5.27. The first-order chi connectivity index (χ1) is 13.2. The molecular formula is C22H29N3O2. The quantitative estimate of drug-likeness (QED) is 0.868. The predicted octanol–water partition coefficient (Wildman–Crippen LogP) is 2.26. The number of piperazine rings is 1. The summed E-state index contributed by atoms with van der Waals surface area (Å²) in [5, 5.41) is 20.0. The van der Waals surface area contributed by atoms with E-state index >= 15 is 0 Å². The van der Waals surface area contributed by atoms with E-state index < -0.39 is 0 Å². The molecule has 0 saturated carbocycles. The van der Waals surface area contributed by atoms with Crippen LogP contribution >= 0.6 is 0 Å². The Kier molecular flexibility index (Phi) is 5.43. The minimum Gasteiger partial charge on any atom is -0.506 e. The van der Waals surface area contributed by atoms with E-state index in [1.165, 1.54) is 24.0 Å². The monoisotopic (exact) mass is 367 g/mol. The third-order valence-corrected chi connectivity index (χ3v) is 6.23. The number of hydrogen-bond acceptors (Lipinski definition) is 5. The molecule has 5 nitrogen and oxygen atoms in total. The second kappa shape index (κ2) is 7.97. The Bertz CT molecular complexity index is 800. The van der Waals surface area contributed by atoms with E-state index in [1.54, 1.807) is 13.1 Å². The van der Waals surface area contributed by atoms with E-state index in [4.69, 9.17) is 0 Å². The minimum absolute atomic E-state index is 0.0857. The van der Waals surface area contributed by atoms with Crippen molar-refractivity contribution in [1.82, 2.24) is 14.8 Å². The first-order valence-electron chi connectivity index (χ1n) is 9.96. The van der Waals surface area contributed by atoms with Crippen LogP contribution in [0.15, 0.2) is 30.5 Å². The van der Waals surface area contributed by atoms with Gasteiger partial charge in [0.25, 0.3) is 0 Å². The number of pyridine rings is 1. The van der Waals surface area contributed by atoms with Gasteiger partial charge in [-0.2, -0.15) is 0 Å². The maximum Gasteiger partial charge on any atom is 0.141 e. The lowest BCUT2D eigenvalue weighted by atomic mass is 9.87. The van der Waals surface area contributed by atoms with Gasteiger partial charge in [-0.25, -0.2) is 0 Å². The molecule has 27 heavy (non-hydrogen) atoms. The molecule has 144 valence electrons. The Morgan fingerprint density at radius 2 is 1.85 bits per heavy atom. The highest BCUT2D eigenvalue weighted by atomic mass is 16.3. The summed E-state index contributed by atoms with van der Waals surface area (Å²) < 4.78 is 0. The molecule has 0 radical (unpaired) electrons. The molecule has 2 N–H and O–H groups in total. The van der Waals surface area contributed by atoms with E-state index in [0.29, 0.717) is 18.3 Å². The smallest absolute Gasteiger partial charge is 0.141 e. The van der Waals surface area contributed by atoms with Gasteiger partial charge < -0.3 is 10.2 Å². The number of rotatable bonds is 4. The van der Waals surface area contributed by atoms with Crippen LogP contribution in [0.2, 0.25) is 0 Å². The second-order valence-corrected chi connectivity index (χ2v) is 7.83. The van der Waals surface area contributed by atoms with Crippen LogP contribution < -0.4 is 0 Å². The van der Waals surface area contributed by atoms with Crippen molar-refractivity contribution in [2.24, 2.45) is 0 Å². The maximum atomic E-state index is 10.4. The number of aliphatic hydroxyl groups excluding tert-OH is 1. The van der Waals surface area contributed by atoms with Crippen LogP contribution in [-0.4, -0.2) is 57.2 Å². The third kappa shape index (κ3) is 3.86. The van der Waals surface area contributed by atoms with E-state index in [9.17, 15) is 10.2 Å². The van der Waals surface area contributed by atoms with E-state index in [2.05, 4.69) is 39.0 Å². The average Bonchev–Trinajstić information content (AvgIpc) is 2.72. The van der Waals surface area contributed by atoms with Crippen molar-refractivity contribution < 1.29 is 10.2 Å². The fourth-order valence-corrected chi connectivity index (χ4v) is 4.50. The van der Waals surface area contributed by atoms with Crippen LogP contribution in [0.5, 0.6) is 5.75 Å². The number of aromatic nitrogens is 1. The Balaban J connectivity index is 1.37. The Hall–Kier alpha value is -1.95. The van der Waals surface area contributed by atoms with Gasteiger partial charge in [0.2, 0.25) is 0 Å². The van der Waals surface area contributed by atoms with Gasteiger partial charge in [-0.15, -0.1) is 0 Å². The molecule has 1 aliphatic heterocycles. The lowest BCUT2D eigenvalue weighted by Gasteiger charge is -2.41. The van der Waals surface area contributed by atoms with Crippen LogP contribution in [0.3, 0.4) is 0 Å². The third-order valence-electron chi connectivity index (χ3n) is 6.23. The molecule has 1 atom stereocenters. The van der Waals surface area contributed by atoms with E-state index in [0.717, 1.165) is 43.7 Å². The highest BCUT2D eigenvalue weighted by Crippen LogP contribution is 2.28. The summed E-state index contributed by atoms with van der Waals surface area (Å²) in [5.41, 5.74) is 5.21. The molecule has 2 heterocycles. The van der Waals surface area contributed by atoms with Crippen molar-refractivity contribution >= 4 is 0 Å². The fourth-order valence-electron chi connectivity index (χ4n) is 4.50. The van der Waals surface area contributed by atoms with Crippen LogP contribution in [0, 0.1) is 6.92 Å². The summed E-state index contributed by atoms with van der Waals surface area (Å²) in [7, 11) is 0. The summed E-state index contributed by atoms with van der Waals surface area (Å²) in [4.78, 5) is 9.17. The number of nitrogens with zero attached hydrogens (tertiary/aromatic N) is 3. The molecule has 0 amide bonds. The van der Waals surface area contributed by atoms with Crippen LogP contribution in [0.1, 0.15) is 34.4 Å². The molecule has 5 heteroatoms. The van der Waals surface area contributed by atoms with Crippen LogP contribution in [-0.2, 0) is 26.0 Å². The summed E-state index contributed by atoms with van der Waals surface area (Å²) in [6, 6.07) is 9.50. The van der Waals surface area contributed by atoms with Crippen LogP contribution in [0.4, 0.5) is 0 Å². The van der Waals surface area contributed by atoms with Gasteiger partial charge in [-0.3, -0.25) is 14.8 Å². The molecular weight excluding hydrogens is 338 g/mol. The Labute approximate surface area is 161 Å². The topological polar surface area (TPSA) is 59.8 Å². The van der Waals surface area contributed by atoms with Crippen molar-refractivity contribution in [2.75, 3.05) is 26.2 Å². The Morgan fingerprint density at radius 1 is 1.11 bits per heavy atom. The largest absolute Gasteiger partial charge is 0.506 e. The van der Waals surface area contributed by atoms with E-state index in [1.807, 2.05) is 0 Å². The number of hydrogen-bond donors (Lipinski definition) is 2. The second-order valence-electron chi connectivity index (χ2n) is 7.83. The zero-order valence-electron chi connectivity index (χ0n) is 16.1. The molecule has 2 aromatic rings. The molecule has 0 spiro atoms. The number of aryl methyl sites for hydroxylation is 2. The van der Waals surface area contributed by atoms with Gasteiger partial charge in [0.15, 0.2) is 0 Å². The lowest BCUT2D eigenvalue weighted by molar-refractivity contribution is 0.0847. The molecule has 0 bridgehead atoms. The standard InChI is InChI=1S/C22H29N3O2/c1-16-22(27)21(19(15-26)13-23-16)14-24-8-10-25(11-9-24)20-7-6-17-4-2-3-5-18(17)12-20/h2-5,13,20,26-27H,6-12,14-15H2,1H3/t20-/m1/s1. The predicted molar refractivity (Wildman–Crippen MR) is 106 cm³/mol. The zero-order valence-corrected chi connectivity index (χ0v) is 16.1. The number of aromatic hydroxyl groups is 1. The molecule has 1 saturated heterocycles. The van der Waals surface area contributed by atoms with Crippen molar-refractivity contribution in [1.29, 1.82) is 0 Å². The van der Waals surface area contributed by atoms with Crippen molar-refractivity contribution in [3.63, 3.8) is 0 Å². The fraction of sp³-hybridized carbons (Fsp3) is 0.500. The lowest BCUT2D eigenvalue weighted by Crippen LogP contribution is -2.51. The van der Waals surface area contributed by atoms with Gasteiger partial charge in [0, 0.05) is 56.1 Å². The molecule has 2 aliphatic rings. The average molecular weight is 367 g/mol. The maximum absolute atomic E-state index is 10.4. The van der Waals surface area contributed by atoms with Crippen molar-refractivity contribution in [3.8, 4) is 5.75 Å². The Morgan fingerprint density at radius 3 is 2.59 bits per heavy atom. The zero-order chi connectivity index (χ0) is 18.8. The molecule has 4 rings (SSSR count). The summed E-state index contributed by atoms with van der Waals surface area (Å²) >= 11 is 0. The molecule has 1 fully saturated rings. The van der Waals surface area contributed by atoms with Crippen molar-refractivity contribution in [2.45, 2.75) is 45.4 Å². The normalized spacial score (nSPS) is 21.2. The van der Waals surface area contributed by atoms with Gasteiger partial charge in [-0.05, 0) is 37.3 Å². The minimum atomic E-state index is -0.0857. The highest BCUT2D eigenvalue weighted by molar-refractivity contribution is 5.40. The van der Waals surface area contributed by atoms with E-state index in [-0.39, 0.29) is 12.4 Å². The van der Waals surface area contributed by atoms with Gasteiger partial charge in [0.05, 0.1) is 12.3 Å². The van der Waals surface area contributed by atoms with Crippen LogP contribution in [0.25, 0.3) is 0 Å². The number of aliphatic hydroxyl groups is 1. The number of fused-ring (bicyclic) bond motifs is 1. The van der Waals surface area contributed by atoms with Gasteiger partial charge >= 0.3 is 0 Å². The molecule has 0 unspecified atom stereocenters. The molecule has 1 aromatic heterocycles. The van der Waals surface area contributed by atoms with Gasteiger partial charge in [0.1, 0.15) is 5.75 Å². The molecule has 1 aromatic carbocycles. The van der Waals surface area contributed by atoms with Gasteiger partial charge in [-0.1, -0.05) is 24.3 Å². The first-order valence-corrected chi connectivity index (χ1v) is 9.96. The number of benzene rings is 1.